The minimum atomic E-state index is -0.483. The lowest BCUT2D eigenvalue weighted by Crippen LogP contribution is -2.37. The third-order valence-corrected chi connectivity index (χ3v) is 7.36. The molecule has 32 heavy (non-hydrogen) atoms. The molecule has 166 valence electrons. The van der Waals surface area contributed by atoms with Crippen molar-refractivity contribution in [2.45, 2.75) is 19.8 Å². The van der Waals surface area contributed by atoms with E-state index in [9.17, 15) is 14.9 Å². The van der Waals surface area contributed by atoms with E-state index in [2.05, 4.69) is 36.8 Å². The molecule has 2 aliphatic rings. The van der Waals surface area contributed by atoms with Gasteiger partial charge in [-0.15, -0.1) is 0 Å². The quantitative estimate of drug-likeness (QED) is 0.247. The first kappa shape index (κ1) is 22.9. The van der Waals surface area contributed by atoms with Crippen LogP contribution in [0.5, 0.6) is 0 Å². The van der Waals surface area contributed by atoms with Crippen LogP contribution in [0.4, 0.5) is 10.5 Å². The summed E-state index contributed by atoms with van der Waals surface area (Å²) in [4.78, 5) is 29.7. The number of likely N-dealkylation sites (tertiary alicyclic amines) is 1. The van der Waals surface area contributed by atoms with Crippen LogP contribution >= 0.6 is 43.5 Å². The van der Waals surface area contributed by atoms with Gasteiger partial charge in [0.25, 0.3) is 5.69 Å². The lowest BCUT2D eigenvalue weighted by Gasteiger charge is -2.29. The van der Waals surface area contributed by atoms with Gasteiger partial charge in [-0.1, -0.05) is 29.3 Å². The number of amides is 1. The fraction of sp³-hybridized carbons (Fsp3) is 0.273. The van der Waals surface area contributed by atoms with E-state index in [1.165, 1.54) is 6.07 Å². The maximum Gasteiger partial charge on any atom is 0.409 e. The molecule has 0 atom stereocenters. The maximum absolute atomic E-state index is 12.1. The Bertz CT molecular complexity index is 1190. The highest BCUT2D eigenvalue weighted by Crippen LogP contribution is 2.45. The Morgan fingerprint density at radius 1 is 1.28 bits per heavy atom. The molecule has 0 bridgehead atoms. The van der Waals surface area contributed by atoms with Crippen LogP contribution in [0.2, 0.25) is 5.02 Å². The Morgan fingerprint density at radius 2 is 2.00 bits per heavy atom. The number of nitrogens with zero attached hydrogens (tertiary/aromatic N) is 3. The highest BCUT2D eigenvalue weighted by molar-refractivity contribution is 9.10. The van der Waals surface area contributed by atoms with Crippen molar-refractivity contribution < 1.29 is 14.5 Å². The number of piperidine rings is 1. The molecule has 0 radical (unpaired) electrons. The van der Waals surface area contributed by atoms with Gasteiger partial charge in [0.15, 0.2) is 0 Å². The molecular weight excluding hydrogens is 566 g/mol. The van der Waals surface area contributed by atoms with E-state index in [1.54, 1.807) is 18.0 Å². The molecule has 4 rings (SSSR count). The molecule has 1 amide bonds. The van der Waals surface area contributed by atoms with Crippen molar-refractivity contribution in [2.24, 2.45) is 0 Å². The molecule has 0 saturated carbocycles. The van der Waals surface area contributed by atoms with Gasteiger partial charge in [0.1, 0.15) is 5.02 Å². The number of ether oxygens (including phenoxy) is 1. The van der Waals surface area contributed by atoms with Gasteiger partial charge in [-0.3, -0.25) is 15.1 Å². The van der Waals surface area contributed by atoms with E-state index in [1.807, 2.05) is 18.2 Å². The normalized spacial score (nSPS) is 15.2. The van der Waals surface area contributed by atoms with E-state index in [-0.39, 0.29) is 16.8 Å². The standard InChI is InChI=1S/C22H18Br2ClN3O4/c1-2-32-22(29)27-7-5-12(6-8-27)18-16-10-17(28(30)31)20(25)19(24)15(16)4-3-13-9-14(23)11-26-21(13)18/h3-4,9-11H,2,5-8H2,1H3. The zero-order valence-corrected chi connectivity index (χ0v) is 21.0. The summed E-state index contributed by atoms with van der Waals surface area (Å²) in [6.07, 6.45) is 6.43. The fourth-order valence-electron chi connectivity index (χ4n) is 4.00. The predicted molar refractivity (Wildman–Crippen MR) is 131 cm³/mol. The number of hydrogen-bond donors (Lipinski definition) is 0. The number of nitro groups is 1. The van der Waals surface area contributed by atoms with Gasteiger partial charge in [-0.2, -0.15) is 0 Å². The van der Waals surface area contributed by atoms with Crippen molar-refractivity contribution in [3.8, 4) is 0 Å². The van der Waals surface area contributed by atoms with E-state index >= 15 is 0 Å². The highest BCUT2D eigenvalue weighted by atomic mass is 79.9. The zero-order valence-electron chi connectivity index (χ0n) is 17.0. The van der Waals surface area contributed by atoms with Crippen molar-refractivity contribution in [3.05, 3.63) is 70.4 Å². The van der Waals surface area contributed by atoms with Crippen molar-refractivity contribution >= 4 is 73.0 Å². The number of hydrogen-bond acceptors (Lipinski definition) is 5. The molecule has 2 aromatic rings. The van der Waals surface area contributed by atoms with Crippen LogP contribution in [0, 0.1) is 10.1 Å². The van der Waals surface area contributed by atoms with Gasteiger partial charge in [0.05, 0.1) is 21.7 Å². The third-order valence-electron chi connectivity index (χ3n) is 5.49. The number of carbonyl (C=O) groups excluding carboxylic acids is 1. The van der Waals surface area contributed by atoms with E-state index in [0.717, 1.165) is 32.4 Å². The van der Waals surface area contributed by atoms with Crippen LogP contribution < -0.4 is 0 Å². The van der Waals surface area contributed by atoms with Gasteiger partial charge in [0.2, 0.25) is 0 Å². The molecule has 10 heteroatoms. The summed E-state index contributed by atoms with van der Waals surface area (Å²) in [5, 5.41) is 11.7. The van der Waals surface area contributed by atoms with Crippen LogP contribution in [0.3, 0.4) is 0 Å². The SMILES string of the molecule is CCOC(=O)N1CCC(=C2c3cc([N+](=O)[O-])c(Cl)c(Br)c3C=Cc3cc(Br)cnc32)CC1. The Kier molecular flexibility index (Phi) is 6.69. The topological polar surface area (TPSA) is 85.6 Å². The summed E-state index contributed by atoms with van der Waals surface area (Å²) < 4.78 is 6.42. The van der Waals surface area contributed by atoms with Crippen LogP contribution in [-0.4, -0.2) is 40.6 Å². The van der Waals surface area contributed by atoms with Gasteiger partial charge < -0.3 is 9.64 Å². The van der Waals surface area contributed by atoms with E-state index in [4.69, 9.17) is 16.3 Å². The molecule has 0 unspecified atom stereocenters. The minimum Gasteiger partial charge on any atom is -0.450 e. The van der Waals surface area contributed by atoms with E-state index < -0.39 is 4.92 Å². The summed E-state index contributed by atoms with van der Waals surface area (Å²) >= 11 is 13.3. The number of benzene rings is 1. The number of aromatic nitrogens is 1. The Hall–Kier alpha value is -2.23. The first-order valence-electron chi connectivity index (χ1n) is 9.96. The summed E-state index contributed by atoms with van der Waals surface area (Å²) in [5.74, 6) is 0. The highest BCUT2D eigenvalue weighted by Gasteiger charge is 2.30. The number of rotatable bonds is 2. The second kappa shape index (κ2) is 9.33. The largest absolute Gasteiger partial charge is 0.450 e. The van der Waals surface area contributed by atoms with Crippen LogP contribution in [0.25, 0.3) is 17.7 Å². The second-order valence-electron chi connectivity index (χ2n) is 7.33. The molecule has 0 spiro atoms. The molecule has 1 fully saturated rings. The lowest BCUT2D eigenvalue weighted by atomic mass is 9.88. The molecular formula is C22H18Br2ClN3O4. The fourth-order valence-corrected chi connectivity index (χ4v) is 5.13. The Labute approximate surface area is 206 Å². The van der Waals surface area contributed by atoms with Gasteiger partial charge in [0, 0.05) is 41.0 Å². The number of carbonyl (C=O) groups is 1. The zero-order chi connectivity index (χ0) is 23.0. The summed E-state index contributed by atoms with van der Waals surface area (Å²) in [6.45, 7) is 3.11. The summed E-state index contributed by atoms with van der Waals surface area (Å²) in [5.41, 5.74) is 4.82. The molecule has 1 saturated heterocycles. The molecule has 1 aliphatic heterocycles. The minimum absolute atomic E-state index is 0.0555. The average Bonchev–Trinajstić information content (AvgIpc) is 2.92. The predicted octanol–water partition coefficient (Wildman–Crippen LogP) is 6.71. The molecule has 2 heterocycles. The third kappa shape index (κ3) is 4.21. The Morgan fingerprint density at radius 3 is 2.66 bits per heavy atom. The van der Waals surface area contributed by atoms with Crippen molar-refractivity contribution in [2.75, 3.05) is 19.7 Å². The van der Waals surface area contributed by atoms with Crippen LogP contribution in [0.1, 0.15) is 42.1 Å². The molecule has 7 nitrogen and oxygen atoms in total. The molecule has 1 aromatic carbocycles. The number of fused-ring (bicyclic) bond motifs is 2. The number of halogens is 3. The summed E-state index contributed by atoms with van der Waals surface area (Å²) in [6, 6.07) is 3.48. The van der Waals surface area contributed by atoms with Gasteiger partial charge >= 0.3 is 6.09 Å². The lowest BCUT2D eigenvalue weighted by molar-refractivity contribution is -0.384. The van der Waals surface area contributed by atoms with Crippen LogP contribution in [-0.2, 0) is 4.74 Å². The van der Waals surface area contributed by atoms with Gasteiger partial charge in [-0.05, 0) is 68.8 Å². The van der Waals surface area contributed by atoms with Crippen molar-refractivity contribution in [1.29, 1.82) is 0 Å². The maximum atomic E-state index is 12.1. The second-order valence-corrected chi connectivity index (χ2v) is 9.42. The number of nitro benzene ring substituents is 1. The Balaban J connectivity index is 1.91. The smallest absolute Gasteiger partial charge is 0.409 e. The summed E-state index contributed by atoms with van der Waals surface area (Å²) in [7, 11) is 0. The number of pyridine rings is 1. The van der Waals surface area contributed by atoms with Crippen LogP contribution in [0.15, 0.2) is 32.8 Å². The van der Waals surface area contributed by atoms with Gasteiger partial charge in [-0.25, -0.2) is 4.79 Å². The average molecular weight is 584 g/mol. The molecule has 1 aromatic heterocycles. The molecule has 1 aliphatic carbocycles. The van der Waals surface area contributed by atoms with Crippen molar-refractivity contribution in [1.82, 2.24) is 9.88 Å². The first-order valence-corrected chi connectivity index (χ1v) is 11.9. The molecule has 0 N–H and O–H groups in total. The first-order chi connectivity index (χ1) is 15.3. The monoisotopic (exact) mass is 581 g/mol. The van der Waals surface area contributed by atoms with Crippen molar-refractivity contribution in [3.63, 3.8) is 0 Å². The van der Waals surface area contributed by atoms with E-state index in [0.29, 0.717) is 42.6 Å².